The summed E-state index contributed by atoms with van der Waals surface area (Å²) in [4.78, 5) is 43.9. The van der Waals surface area contributed by atoms with Crippen molar-refractivity contribution in [3.05, 3.63) is 47.2 Å². The fourth-order valence-corrected chi connectivity index (χ4v) is 5.48. The number of alkyl halides is 3. The van der Waals surface area contributed by atoms with E-state index < -0.39 is 11.7 Å². The fraction of sp³-hybridized carbons (Fsp3) is 0.600. The van der Waals surface area contributed by atoms with Gasteiger partial charge in [-0.3, -0.25) is 14.4 Å². The minimum atomic E-state index is -4.39. The predicted octanol–water partition coefficient (Wildman–Crippen LogP) is 6.78. The molecule has 1 aromatic carbocycles. The molecule has 4 saturated carbocycles. The maximum absolute atomic E-state index is 12.4. The summed E-state index contributed by atoms with van der Waals surface area (Å²) < 4.78 is 37.3. The number of hydrogen-bond acceptors (Lipinski definition) is 5. The van der Waals surface area contributed by atoms with Gasteiger partial charge in [0.1, 0.15) is 17.9 Å². The zero-order chi connectivity index (χ0) is 27.8. The van der Waals surface area contributed by atoms with Gasteiger partial charge < -0.3 is 10.5 Å². The third-order valence-corrected chi connectivity index (χ3v) is 7.96. The molecule has 0 atom stereocenters. The molecule has 0 radical (unpaired) electrons. The summed E-state index contributed by atoms with van der Waals surface area (Å²) in [5.41, 5.74) is 6.04. The van der Waals surface area contributed by atoms with Gasteiger partial charge in [-0.2, -0.15) is 13.2 Å². The Bertz CT molecular complexity index is 995. The van der Waals surface area contributed by atoms with Gasteiger partial charge in [-0.15, -0.1) is 0 Å². The Morgan fingerprint density at radius 2 is 1.39 bits per heavy atom. The number of benzene rings is 1. The highest BCUT2D eigenvalue weighted by atomic mass is 19.4. The Labute approximate surface area is 222 Å². The molecule has 0 amide bonds. The third kappa shape index (κ3) is 9.21. The molecule has 0 saturated heterocycles. The van der Waals surface area contributed by atoms with Gasteiger partial charge in [0.2, 0.25) is 0 Å². The lowest BCUT2D eigenvalue weighted by molar-refractivity contribution is -0.137. The van der Waals surface area contributed by atoms with Crippen molar-refractivity contribution in [2.24, 2.45) is 23.0 Å². The molecular weight excluding hydrogens is 495 g/mol. The number of halogens is 3. The van der Waals surface area contributed by atoms with Crippen LogP contribution in [-0.2, 0) is 20.6 Å². The highest BCUT2D eigenvalue weighted by Crippen LogP contribution is 2.54. The van der Waals surface area contributed by atoms with Gasteiger partial charge in [-0.05, 0) is 62.0 Å². The average molecular weight is 534 g/mol. The van der Waals surface area contributed by atoms with Crippen molar-refractivity contribution in [2.75, 3.05) is 0 Å². The van der Waals surface area contributed by atoms with Gasteiger partial charge in [-0.1, -0.05) is 44.2 Å². The first-order valence-electron chi connectivity index (χ1n) is 13.7. The zero-order valence-electron chi connectivity index (χ0n) is 21.9. The van der Waals surface area contributed by atoms with Crippen LogP contribution < -0.4 is 5.73 Å². The van der Waals surface area contributed by atoms with Gasteiger partial charge in [-0.25, -0.2) is 0 Å². The topological polar surface area (TPSA) is 94.3 Å². The van der Waals surface area contributed by atoms with Gasteiger partial charge in [0.25, 0.3) is 0 Å². The van der Waals surface area contributed by atoms with Gasteiger partial charge in [0, 0.05) is 36.1 Å². The van der Waals surface area contributed by atoms with E-state index in [1.54, 1.807) is 0 Å². The van der Waals surface area contributed by atoms with Crippen LogP contribution in [0.25, 0.3) is 0 Å². The average Bonchev–Trinajstić information content (AvgIpc) is 3.37. The molecule has 8 heteroatoms. The summed E-state index contributed by atoms with van der Waals surface area (Å²) in [7, 11) is 0. The van der Waals surface area contributed by atoms with Crippen LogP contribution in [0.15, 0.2) is 36.0 Å². The maximum atomic E-state index is 12.4. The number of allylic oxidation sites excluding steroid dienone is 2. The van der Waals surface area contributed by atoms with E-state index in [2.05, 4.69) is 0 Å². The molecule has 2 N–H and O–H groups in total. The largest absolute Gasteiger partial charge is 0.416 e. The lowest BCUT2D eigenvalue weighted by atomic mass is 9.85. The molecule has 0 bridgehead atoms. The number of Topliss-reactive ketones (excluding diaryl/α,β-unsaturated/α-hetero) is 2. The first kappa shape index (κ1) is 29.8. The lowest BCUT2D eigenvalue weighted by Crippen LogP contribution is -2.23. The molecule has 0 aromatic heterocycles. The van der Waals surface area contributed by atoms with Gasteiger partial charge in [0.05, 0.1) is 12.0 Å². The van der Waals surface area contributed by atoms with Crippen molar-refractivity contribution in [1.29, 1.82) is 0 Å². The lowest BCUT2D eigenvalue weighted by Gasteiger charge is -2.17. The summed E-state index contributed by atoms with van der Waals surface area (Å²) in [6, 6.07) is 4.19. The standard InChI is InChI=1S/C15H16F3NO.C8H10O2.C7H12O/c16-15(17,18)12-7-5-11(6-8-12)14(20)9-13(19)10-3-1-2-4-10;9-6-3-7(10)5-8(4-6)1-2-8;8-6-7-4-2-1-3-5-7/h5-10H,1-4,19H2;1-5H2;6-7H,1-5H2. The van der Waals surface area contributed by atoms with Crippen molar-refractivity contribution in [3.8, 4) is 0 Å². The molecular formula is C30H38F3NO4. The van der Waals surface area contributed by atoms with Crippen LogP contribution in [0.1, 0.15) is 106 Å². The predicted molar refractivity (Wildman–Crippen MR) is 138 cm³/mol. The van der Waals surface area contributed by atoms with Crippen molar-refractivity contribution >= 4 is 23.6 Å². The van der Waals surface area contributed by atoms with E-state index in [0.717, 1.165) is 69.8 Å². The summed E-state index contributed by atoms with van der Waals surface area (Å²) >= 11 is 0. The second-order valence-electron chi connectivity index (χ2n) is 11.2. The van der Waals surface area contributed by atoms with Crippen LogP contribution in [0.5, 0.6) is 0 Å². The second kappa shape index (κ2) is 13.3. The van der Waals surface area contributed by atoms with E-state index in [9.17, 15) is 32.3 Å². The summed E-state index contributed by atoms with van der Waals surface area (Å²) in [6.45, 7) is 0. The molecule has 5 rings (SSSR count). The molecule has 208 valence electrons. The van der Waals surface area contributed by atoms with Crippen LogP contribution in [0.2, 0.25) is 0 Å². The Morgan fingerprint density at radius 3 is 1.84 bits per heavy atom. The fourth-order valence-electron chi connectivity index (χ4n) is 5.48. The monoisotopic (exact) mass is 533 g/mol. The smallest absolute Gasteiger partial charge is 0.402 e. The quantitative estimate of drug-likeness (QED) is 0.199. The molecule has 1 aromatic rings. The van der Waals surface area contributed by atoms with E-state index in [-0.39, 0.29) is 40.7 Å². The molecule has 38 heavy (non-hydrogen) atoms. The maximum Gasteiger partial charge on any atom is 0.416 e. The summed E-state index contributed by atoms with van der Waals surface area (Å²) in [5.74, 6) is 0.614. The van der Waals surface area contributed by atoms with Crippen molar-refractivity contribution in [1.82, 2.24) is 0 Å². The van der Waals surface area contributed by atoms with Crippen LogP contribution in [0.4, 0.5) is 13.2 Å². The minimum Gasteiger partial charge on any atom is -0.402 e. The number of nitrogens with two attached hydrogens (primary N) is 1. The molecule has 4 aliphatic carbocycles. The SMILES string of the molecule is NC(=CC(=O)c1ccc(C(F)(F)F)cc1)C1CCCC1.O=C1CC(=O)CC2(CC2)C1.O=CC1CCCCC1. The molecule has 4 fully saturated rings. The van der Waals surface area contributed by atoms with Gasteiger partial charge in [0.15, 0.2) is 5.78 Å². The van der Waals surface area contributed by atoms with Crippen molar-refractivity contribution in [3.63, 3.8) is 0 Å². The van der Waals surface area contributed by atoms with Crippen LogP contribution in [0.3, 0.4) is 0 Å². The highest BCUT2D eigenvalue weighted by Gasteiger charge is 2.48. The van der Waals surface area contributed by atoms with Crippen LogP contribution >= 0.6 is 0 Å². The first-order chi connectivity index (χ1) is 18.0. The Hall–Kier alpha value is -2.77. The highest BCUT2D eigenvalue weighted by molar-refractivity contribution is 6.05. The summed E-state index contributed by atoms with van der Waals surface area (Å²) in [6.07, 6.45) is 12.2. The number of aldehydes is 1. The van der Waals surface area contributed by atoms with E-state index in [1.165, 1.54) is 37.5 Å². The molecule has 4 aliphatic rings. The van der Waals surface area contributed by atoms with E-state index in [4.69, 9.17) is 5.73 Å². The van der Waals surface area contributed by atoms with E-state index >= 15 is 0 Å². The second-order valence-corrected chi connectivity index (χ2v) is 11.2. The van der Waals surface area contributed by atoms with Gasteiger partial charge >= 0.3 is 6.18 Å². The van der Waals surface area contributed by atoms with Crippen molar-refractivity contribution < 1.29 is 32.3 Å². The summed E-state index contributed by atoms with van der Waals surface area (Å²) in [5, 5.41) is 0. The molecule has 5 nitrogen and oxygen atoms in total. The molecule has 0 heterocycles. The number of rotatable bonds is 4. The van der Waals surface area contributed by atoms with E-state index in [1.807, 2.05) is 0 Å². The Morgan fingerprint density at radius 1 is 0.868 bits per heavy atom. The van der Waals surface area contributed by atoms with Crippen LogP contribution in [0, 0.1) is 17.3 Å². The number of ketones is 3. The Kier molecular flexibility index (Phi) is 10.5. The Balaban J connectivity index is 0.000000183. The normalized spacial score (nSPS) is 21.7. The number of carbonyl (C=O) groups is 4. The van der Waals surface area contributed by atoms with Crippen LogP contribution in [-0.4, -0.2) is 23.6 Å². The minimum absolute atomic E-state index is 0.161. The van der Waals surface area contributed by atoms with E-state index in [0.29, 0.717) is 24.5 Å². The van der Waals surface area contributed by atoms with Crippen molar-refractivity contribution in [2.45, 2.75) is 96.1 Å². The number of hydrogen-bond donors (Lipinski definition) is 1. The molecule has 0 unspecified atom stereocenters. The molecule has 1 spiro atoms. The third-order valence-electron chi connectivity index (χ3n) is 7.96. The molecule has 0 aliphatic heterocycles. The number of carbonyl (C=O) groups excluding carboxylic acids is 4. The first-order valence-corrected chi connectivity index (χ1v) is 13.7. The zero-order valence-corrected chi connectivity index (χ0v) is 21.9.